The lowest BCUT2D eigenvalue weighted by atomic mass is 10.0. The van der Waals surface area contributed by atoms with Crippen molar-refractivity contribution in [2.24, 2.45) is 0 Å². The van der Waals surface area contributed by atoms with Gasteiger partial charge in [-0.25, -0.2) is 4.79 Å². The quantitative estimate of drug-likeness (QED) is 0.891. The van der Waals surface area contributed by atoms with Crippen LogP contribution in [-0.2, 0) is 4.79 Å². The van der Waals surface area contributed by atoms with Crippen LogP contribution in [0.1, 0.15) is 35.3 Å². The monoisotopic (exact) mass is 286 g/mol. The van der Waals surface area contributed by atoms with Crippen molar-refractivity contribution in [3.63, 3.8) is 0 Å². The van der Waals surface area contributed by atoms with Crippen molar-refractivity contribution in [3.8, 4) is 0 Å². The van der Waals surface area contributed by atoms with E-state index in [1.165, 1.54) is 4.90 Å². The molecule has 21 heavy (non-hydrogen) atoms. The third-order valence-corrected chi connectivity index (χ3v) is 4.06. The molecule has 5 nitrogen and oxygen atoms in total. The lowest BCUT2D eigenvalue weighted by Gasteiger charge is -2.32. The zero-order valence-corrected chi connectivity index (χ0v) is 11.9. The summed E-state index contributed by atoms with van der Waals surface area (Å²) in [5.74, 6) is -1.15. The summed E-state index contributed by atoms with van der Waals surface area (Å²) in [7, 11) is 0. The zero-order valence-electron chi connectivity index (χ0n) is 11.9. The Bertz CT molecular complexity index is 705. The minimum absolute atomic E-state index is 0.226. The van der Waals surface area contributed by atoms with Crippen LogP contribution in [0, 0.1) is 6.92 Å². The molecule has 1 unspecified atom stereocenters. The number of carboxylic acid groups (broad SMARTS) is 1. The molecule has 1 amide bonds. The van der Waals surface area contributed by atoms with Crippen molar-refractivity contribution in [2.75, 3.05) is 6.54 Å². The number of aliphatic carboxylic acids is 1. The lowest BCUT2D eigenvalue weighted by Crippen LogP contribution is -2.48. The number of aromatic amines is 1. The lowest BCUT2D eigenvalue weighted by molar-refractivity contribution is -0.143. The average molecular weight is 286 g/mol. The van der Waals surface area contributed by atoms with Gasteiger partial charge in [-0.15, -0.1) is 0 Å². The van der Waals surface area contributed by atoms with Gasteiger partial charge in [-0.05, 0) is 43.9 Å². The van der Waals surface area contributed by atoms with Gasteiger partial charge in [-0.3, -0.25) is 4.79 Å². The maximum atomic E-state index is 12.6. The molecule has 0 radical (unpaired) electrons. The molecule has 1 fully saturated rings. The first kappa shape index (κ1) is 13.7. The van der Waals surface area contributed by atoms with Gasteiger partial charge in [0.15, 0.2) is 0 Å². The van der Waals surface area contributed by atoms with E-state index in [1.807, 2.05) is 25.1 Å². The molecule has 1 aromatic carbocycles. The molecule has 1 atom stereocenters. The van der Waals surface area contributed by atoms with Gasteiger partial charge < -0.3 is 15.0 Å². The van der Waals surface area contributed by atoms with E-state index < -0.39 is 12.0 Å². The van der Waals surface area contributed by atoms with Crippen LogP contribution in [0.25, 0.3) is 10.9 Å². The van der Waals surface area contributed by atoms with Crippen LogP contribution < -0.4 is 0 Å². The Balaban J connectivity index is 1.93. The highest BCUT2D eigenvalue weighted by Gasteiger charge is 2.32. The molecule has 1 aromatic heterocycles. The number of likely N-dealkylation sites (tertiary alicyclic amines) is 1. The summed E-state index contributed by atoms with van der Waals surface area (Å²) in [6, 6.07) is 7.02. The van der Waals surface area contributed by atoms with E-state index in [0.29, 0.717) is 18.7 Å². The summed E-state index contributed by atoms with van der Waals surface area (Å²) >= 11 is 0. The second kappa shape index (κ2) is 5.24. The number of aromatic nitrogens is 1. The maximum Gasteiger partial charge on any atom is 0.326 e. The number of piperidine rings is 1. The van der Waals surface area contributed by atoms with Gasteiger partial charge in [0.2, 0.25) is 0 Å². The fourth-order valence-electron chi connectivity index (χ4n) is 2.94. The van der Waals surface area contributed by atoms with Crippen LogP contribution in [0.5, 0.6) is 0 Å². The molecular formula is C16H18N2O3. The van der Waals surface area contributed by atoms with Crippen LogP contribution in [0.15, 0.2) is 24.3 Å². The second-order valence-corrected chi connectivity index (χ2v) is 5.62. The highest BCUT2D eigenvalue weighted by Crippen LogP contribution is 2.22. The van der Waals surface area contributed by atoms with Crippen molar-refractivity contribution < 1.29 is 14.7 Å². The number of benzene rings is 1. The molecule has 0 saturated carbocycles. The first-order valence-electron chi connectivity index (χ1n) is 7.19. The number of hydrogen-bond acceptors (Lipinski definition) is 2. The number of nitrogens with zero attached hydrogens (tertiary/aromatic N) is 1. The van der Waals surface area contributed by atoms with Crippen LogP contribution in [0.4, 0.5) is 0 Å². The van der Waals surface area contributed by atoms with Crippen molar-refractivity contribution in [1.29, 1.82) is 0 Å². The molecule has 1 aliphatic rings. The summed E-state index contributed by atoms with van der Waals surface area (Å²) in [6.45, 7) is 2.50. The number of carboxylic acids is 1. The molecule has 2 N–H and O–H groups in total. The minimum atomic E-state index is -0.921. The summed E-state index contributed by atoms with van der Waals surface area (Å²) < 4.78 is 0. The van der Waals surface area contributed by atoms with Gasteiger partial charge in [-0.2, -0.15) is 0 Å². The SMILES string of the molecule is Cc1ccc2cc(C(=O)N3CCCCC3C(=O)O)[nH]c2c1. The Hall–Kier alpha value is -2.30. The summed E-state index contributed by atoms with van der Waals surface area (Å²) in [5.41, 5.74) is 2.48. The summed E-state index contributed by atoms with van der Waals surface area (Å²) in [5, 5.41) is 10.2. The topological polar surface area (TPSA) is 73.4 Å². The number of rotatable bonds is 2. The van der Waals surface area contributed by atoms with Crippen LogP contribution in [0.2, 0.25) is 0 Å². The molecule has 0 spiro atoms. The smallest absolute Gasteiger partial charge is 0.326 e. The fraction of sp³-hybridized carbons (Fsp3) is 0.375. The van der Waals surface area contributed by atoms with Gasteiger partial charge in [0, 0.05) is 17.4 Å². The van der Waals surface area contributed by atoms with Crippen LogP contribution in [0.3, 0.4) is 0 Å². The number of nitrogens with one attached hydrogen (secondary N) is 1. The number of aryl methyl sites for hydroxylation is 1. The number of amides is 1. The minimum Gasteiger partial charge on any atom is -0.480 e. The Morgan fingerprint density at radius 2 is 2.10 bits per heavy atom. The molecule has 2 aromatic rings. The first-order valence-corrected chi connectivity index (χ1v) is 7.19. The first-order chi connectivity index (χ1) is 10.1. The predicted molar refractivity (Wildman–Crippen MR) is 79.3 cm³/mol. The standard InChI is InChI=1S/C16H18N2O3/c1-10-5-6-11-9-13(17-12(11)8-10)15(19)18-7-3-2-4-14(18)16(20)21/h5-6,8-9,14,17H,2-4,7H2,1H3,(H,20,21). The molecule has 2 heterocycles. The van der Waals surface area contributed by atoms with Gasteiger partial charge >= 0.3 is 5.97 Å². The zero-order chi connectivity index (χ0) is 15.0. The van der Waals surface area contributed by atoms with Crippen molar-refractivity contribution in [2.45, 2.75) is 32.2 Å². The van der Waals surface area contributed by atoms with Gasteiger partial charge in [0.05, 0.1) is 0 Å². The number of carbonyl (C=O) groups is 2. The third kappa shape index (κ3) is 2.51. The van der Waals surface area contributed by atoms with E-state index in [9.17, 15) is 14.7 Å². The van der Waals surface area contributed by atoms with E-state index in [0.717, 1.165) is 29.3 Å². The molecule has 110 valence electrons. The molecular weight excluding hydrogens is 268 g/mol. The van der Waals surface area contributed by atoms with Gasteiger partial charge in [0.1, 0.15) is 11.7 Å². The number of carbonyl (C=O) groups excluding carboxylic acids is 1. The predicted octanol–water partition coefficient (Wildman–Crippen LogP) is 2.56. The van der Waals surface area contributed by atoms with E-state index in [1.54, 1.807) is 6.07 Å². The molecule has 3 rings (SSSR count). The molecule has 0 aliphatic carbocycles. The van der Waals surface area contributed by atoms with E-state index >= 15 is 0 Å². The molecule has 1 aliphatic heterocycles. The Morgan fingerprint density at radius 3 is 2.86 bits per heavy atom. The Morgan fingerprint density at radius 1 is 1.29 bits per heavy atom. The highest BCUT2D eigenvalue weighted by molar-refractivity contribution is 5.99. The highest BCUT2D eigenvalue weighted by atomic mass is 16.4. The van der Waals surface area contributed by atoms with Crippen molar-refractivity contribution in [3.05, 3.63) is 35.5 Å². The molecule has 0 bridgehead atoms. The van der Waals surface area contributed by atoms with E-state index in [2.05, 4.69) is 4.98 Å². The number of hydrogen-bond donors (Lipinski definition) is 2. The second-order valence-electron chi connectivity index (χ2n) is 5.62. The van der Waals surface area contributed by atoms with Gasteiger partial charge in [-0.1, -0.05) is 12.1 Å². The molecule has 1 saturated heterocycles. The third-order valence-electron chi connectivity index (χ3n) is 4.06. The maximum absolute atomic E-state index is 12.6. The average Bonchev–Trinajstić information content (AvgIpc) is 2.89. The fourth-order valence-corrected chi connectivity index (χ4v) is 2.94. The summed E-state index contributed by atoms with van der Waals surface area (Å²) in [4.78, 5) is 28.5. The van der Waals surface area contributed by atoms with Gasteiger partial charge in [0.25, 0.3) is 5.91 Å². The van der Waals surface area contributed by atoms with Crippen molar-refractivity contribution >= 4 is 22.8 Å². The van der Waals surface area contributed by atoms with E-state index in [-0.39, 0.29) is 5.91 Å². The number of H-pyrrole nitrogens is 1. The number of fused-ring (bicyclic) bond motifs is 1. The summed E-state index contributed by atoms with van der Waals surface area (Å²) in [6.07, 6.45) is 2.24. The normalized spacial score (nSPS) is 18.9. The van der Waals surface area contributed by atoms with E-state index in [4.69, 9.17) is 0 Å². The van der Waals surface area contributed by atoms with Crippen molar-refractivity contribution in [1.82, 2.24) is 9.88 Å². The largest absolute Gasteiger partial charge is 0.480 e. The Labute approximate surface area is 122 Å². The van der Waals surface area contributed by atoms with Crippen LogP contribution in [-0.4, -0.2) is 39.5 Å². The Kier molecular flexibility index (Phi) is 3.41. The molecule has 5 heteroatoms. The van der Waals surface area contributed by atoms with Crippen LogP contribution >= 0.6 is 0 Å².